The normalized spacial score (nSPS) is 10.3. The molecule has 1 heterocycles. The van der Waals surface area contributed by atoms with Crippen molar-refractivity contribution in [3.63, 3.8) is 0 Å². The van der Waals surface area contributed by atoms with Gasteiger partial charge in [-0.25, -0.2) is 0 Å². The van der Waals surface area contributed by atoms with Gasteiger partial charge < -0.3 is 5.32 Å². The Balaban J connectivity index is 1.75. The molecule has 1 aromatic heterocycles. The summed E-state index contributed by atoms with van der Waals surface area (Å²) in [6.07, 6.45) is 0.300. The highest BCUT2D eigenvalue weighted by Gasteiger charge is 2.10. The van der Waals surface area contributed by atoms with Crippen LogP contribution in [0.2, 0.25) is 0 Å². The molecule has 1 aromatic carbocycles. The lowest BCUT2D eigenvalue weighted by Gasteiger charge is -2.12. The maximum atomic E-state index is 11.9. The molecular weight excluding hydrogens is 390 g/mol. The van der Waals surface area contributed by atoms with Crippen molar-refractivity contribution in [2.75, 3.05) is 5.32 Å². The molecule has 0 aliphatic carbocycles. The average Bonchev–Trinajstić information content (AvgIpc) is 2.80. The average molecular weight is 410 g/mol. The molecule has 128 valence electrons. The number of hydrogen-bond acceptors (Lipinski definition) is 3. The third-order valence-corrected chi connectivity index (χ3v) is 4.82. The van der Waals surface area contributed by atoms with Gasteiger partial charge in [0.25, 0.3) is 0 Å². The molecular formula is C16H20BrN5OS. The predicted molar refractivity (Wildman–Crippen MR) is 103 cm³/mol. The number of halogens is 1. The van der Waals surface area contributed by atoms with Crippen molar-refractivity contribution in [3.8, 4) is 0 Å². The lowest BCUT2D eigenvalue weighted by Crippen LogP contribution is -2.44. The molecule has 0 saturated carbocycles. The first-order valence-electron chi connectivity index (χ1n) is 7.49. The number of amides is 1. The number of aryl methyl sites for hydroxylation is 3. The number of rotatable bonds is 4. The molecule has 0 unspecified atom stereocenters. The summed E-state index contributed by atoms with van der Waals surface area (Å²) in [5.41, 5.74) is 9.22. The Morgan fingerprint density at radius 2 is 1.88 bits per heavy atom. The summed E-state index contributed by atoms with van der Waals surface area (Å²) in [6.45, 7) is 6.40. The van der Waals surface area contributed by atoms with E-state index >= 15 is 0 Å². The Hall–Kier alpha value is -1.93. The Kier molecular flexibility index (Phi) is 6.33. The van der Waals surface area contributed by atoms with Crippen LogP contribution in [0, 0.1) is 20.8 Å². The Morgan fingerprint density at radius 1 is 1.21 bits per heavy atom. The summed E-state index contributed by atoms with van der Waals surface area (Å²) in [4.78, 5) is 11.9. The number of nitrogens with one attached hydrogen (secondary N) is 3. The van der Waals surface area contributed by atoms with Crippen molar-refractivity contribution in [3.05, 3.63) is 45.7 Å². The molecule has 3 N–H and O–H groups in total. The molecule has 0 spiro atoms. The van der Waals surface area contributed by atoms with Crippen LogP contribution >= 0.6 is 28.1 Å². The Bertz CT molecular complexity index is 742. The Morgan fingerprint density at radius 3 is 2.46 bits per heavy atom. The summed E-state index contributed by atoms with van der Waals surface area (Å²) in [7, 11) is 0. The van der Waals surface area contributed by atoms with Crippen molar-refractivity contribution in [1.29, 1.82) is 0 Å². The van der Waals surface area contributed by atoms with Gasteiger partial charge in [-0.2, -0.15) is 5.10 Å². The molecule has 6 nitrogen and oxygen atoms in total. The van der Waals surface area contributed by atoms with Gasteiger partial charge in [0.1, 0.15) is 0 Å². The Labute approximate surface area is 155 Å². The number of benzene rings is 1. The van der Waals surface area contributed by atoms with Gasteiger partial charge in [0, 0.05) is 17.8 Å². The summed E-state index contributed by atoms with van der Waals surface area (Å²) in [5.74, 6) is -0.160. The smallest absolute Gasteiger partial charge is 0.240 e. The van der Waals surface area contributed by atoms with E-state index in [1.165, 1.54) is 5.56 Å². The molecule has 8 heteroatoms. The third-order valence-electron chi connectivity index (χ3n) is 3.47. The summed E-state index contributed by atoms with van der Waals surface area (Å²) < 4.78 is 2.78. The van der Waals surface area contributed by atoms with Crippen LogP contribution in [0.1, 0.15) is 23.4 Å². The van der Waals surface area contributed by atoms with Crippen LogP contribution in [0.3, 0.4) is 0 Å². The van der Waals surface area contributed by atoms with E-state index in [1.807, 2.05) is 49.7 Å². The van der Waals surface area contributed by atoms with Crippen LogP contribution in [0.25, 0.3) is 0 Å². The summed E-state index contributed by atoms with van der Waals surface area (Å²) >= 11 is 8.62. The van der Waals surface area contributed by atoms with Gasteiger partial charge in [-0.1, -0.05) is 17.7 Å². The SMILES string of the molecule is Cc1ccc(NC(=S)NNC(=O)CCn2nc(C)c(Br)c2C)cc1. The number of anilines is 1. The fourth-order valence-corrected chi connectivity index (χ4v) is 2.54. The van der Waals surface area contributed by atoms with Gasteiger partial charge >= 0.3 is 0 Å². The predicted octanol–water partition coefficient (Wildman–Crippen LogP) is 2.98. The quantitative estimate of drug-likeness (QED) is 0.534. The number of nitrogens with zero attached hydrogens (tertiary/aromatic N) is 2. The molecule has 1 amide bonds. The van der Waals surface area contributed by atoms with Crippen LogP contribution in [-0.4, -0.2) is 20.8 Å². The van der Waals surface area contributed by atoms with Gasteiger partial charge in [0.05, 0.1) is 16.7 Å². The van der Waals surface area contributed by atoms with Crippen LogP contribution in [0.15, 0.2) is 28.7 Å². The van der Waals surface area contributed by atoms with Gasteiger partial charge in [0.15, 0.2) is 5.11 Å². The first-order chi connectivity index (χ1) is 11.4. The van der Waals surface area contributed by atoms with E-state index in [9.17, 15) is 4.79 Å². The highest BCUT2D eigenvalue weighted by molar-refractivity contribution is 9.10. The second kappa shape index (κ2) is 8.25. The topological polar surface area (TPSA) is 71.0 Å². The number of thiocarbonyl (C=S) groups is 1. The number of aromatic nitrogens is 2. The fourth-order valence-electron chi connectivity index (χ4n) is 2.09. The van der Waals surface area contributed by atoms with E-state index < -0.39 is 0 Å². The molecule has 2 aromatic rings. The van der Waals surface area contributed by atoms with Crippen molar-refractivity contribution < 1.29 is 4.79 Å². The lowest BCUT2D eigenvalue weighted by molar-refractivity contribution is -0.121. The minimum absolute atomic E-state index is 0.160. The zero-order valence-corrected chi connectivity index (χ0v) is 16.2. The van der Waals surface area contributed by atoms with Gasteiger partial charge in [-0.05, 0) is 61.1 Å². The molecule has 0 radical (unpaired) electrons. The maximum absolute atomic E-state index is 11.9. The molecule has 0 bridgehead atoms. The van der Waals surface area contributed by atoms with Crippen LogP contribution in [-0.2, 0) is 11.3 Å². The second-order valence-electron chi connectivity index (χ2n) is 5.45. The minimum Gasteiger partial charge on any atom is -0.331 e. The first kappa shape index (κ1) is 18.4. The van der Waals surface area contributed by atoms with Crippen LogP contribution in [0.4, 0.5) is 5.69 Å². The van der Waals surface area contributed by atoms with Crippen LogP contribution in [0.5, 0.6) is 0 Å². The number of hydrazine groups is 1. The zero-order chi connectivity index (χ0) is 17.7. The summed E-state index contributed by atoms with van der Waals surface area (Å²) in [6, 6.07) is 7.81. The zero-order valence-electron chi connectivity index (χ0n) is 13.8. The highest BCUT2D eigenvalue weighted by atomic mass is 79.9. The number of carbonyl (C=O) groups is 1. The van der Waals surface area contributed by atoms with Crippen molar-refractivity contribution >= 4 is 44.9 Å². The molecule has 24 heavy (non-hydrogen) atoms. The molecule has 0 saturated heterocycles. The van der Waals surface area contributed by atoms with Crippen molar-refractivity contribution in [1.82, 2.24) is 20.6 Å². The first-order valence-corrected chi connectivity index (χ1v) is 8.69. The lowest BCUT2D eigenvalue weighted by atomic mass is 10.2. The summed E-state index contributed by atoms with van der Waals surface area (Å²) in [5, 5.41) is 7.71. The van der Waals surface area contributed by atoms with E-state index in [1.54, 1.807) is 0 Å². The fraction of sp³-hybridized carbons (Fsp3) is 0.312. The van der Waals surface area contributed by atoms with Crippen molar-refractivity contribution in [2.45, 2.75) is 33.7 Å². The monoisotopic (exact) mass is 409 g/mol. The molecule has 0 fully saturated rings. The minimum atomic E-state index is -0.160. The number of hydrogen-bond donors (Lipinski definition) is 3. The van der Waals surface area contributed by atoms with E-state index in [4.69, 9.17) is 12.2 Å². The van der Waals surface area contributed by atoms with E-state index in [0.29, 0.717) is 18.1 Å². The molecule has 2 rings (SSSR count). The molecule has 0 atom stereocenters. The highest BCUT2D eigenvalue weighted by Crippen LogP contribution is 2.19. The third kappa shape index (κ3) is 5.04. The van der Waals surface area contributed by atoms with Crippen molar-refractivity contribution in [2.24, 2.45) is 0 Å². The van der Waals surface area contributed by atoms with Gasteiger partial charge in [0.2, 0.25) is 5.91 Å². The van der Waals surface area contributed by atoms with E-state index in [-0.39, 0.29) is 5.91 Å². The molecule has 0 aliphatic heterocycles. The second-order valence-corrected chi connectivity index (χ2v) is 6.65. The van der Waals surface area contributed by atoms with Gasteiger partial charge in [-0.3, -0.25) is 20.3 Å². The van der Waals surface area contributed by atoms with E-state index in [0.717, 1.165) is 21.5 Å². The largest absolute Gasteiger partial charge is 0.331 e. The van der Waals surface area contributed by atoms with Gasteiger partial charge in [-0.15, -0.1) is 0 Å². The van der Waals surface area contributed by atoms with Crippen LogP contribution < -0.4 is 16.2 Å². The maximum Gasteiger partial charge on any atom is 0.240 e. The number of carbonyl (C=O) groups excluding carboxylic acids is 1. The van der Waals surface area contributed by atoms with E-state index in [2.05, 4.69) is 37.2 Å². The standard InChI is InChI=1S/C16H20BrN5OS/c1-10-4-6-13(7-5-10)18-16(24)20-19-14(23)8-9-22-12(3)15(17)11(2)21-22/h4-7H,8-9H2,1-3H3,(H,19,23)(H2,18,20,24). The molecule has 0 aliphatic rings.